The first-order valence-electron chi connectivity index (χ1n) is 11.6. The fourth-order valence-corrected chi connectivity index (χ4v) is 3.38. The average Bonchev–Trinajstić information content (AvgIpc) is 3.25. The molecular formula is C24H40IN3O4. The van der Waals surface area contributed by atoms with E-state index < -0.39 is 0 Å². The van der Waals surface area contributed by atoms with Crippen LogP contribution in [0.1, 0.15) is 63.5 Å². The quantitative estimate of drug-likeness (QED) is 0.123. The Morgan fingerprint density at radius 3 is 2.72 bits per heavy atom. The third-order valence-corrected chi connectivity index (χ3v) is 5.06. The van der Waals surface area contributed by atoms with Crippen molar-refractivity contribution >= 4 is 35.9 Å². The first-order valence-corrected chi connectivity index (χ1v) is 11.6. The van der Waals surface area contributed by atoms with Crippen LogP contribution in [0.25, 0.3) is 0 Å². The molecule has 32 heavy (non-hydrogen) atoms. The van der Waals surface area contributed by atoms with E-state index in [1.165, 1.54) is 5.56 Å². The number of ether oxygens (including phenoxy) is 3. The lowest BCUT2D eigenvalue weighted by Crippen LogP contribution is -2.37. The normalized spacial score (nSPS) is 15.7. The number of esters is 1. The number of carbonyl (C=O) groups excluding carboxylic acids is 1. The number of hydrogen-bond donors (Lipinski definition) is 2. The maximum atomic E-state index is 11.3. The lowest BCUT2D eigenvalue weighted by molar-refractivity contribution is -0.143. The molecule has 0 aliphatic carbocycles. The largest absolute Gasteiger partial charge is 0.488 e. The zero-order chi connectivity index (χ0) is 22.3. The molecule has 1 atom stereocenters. The summed E-state index contributed by atoms with van der Waals surface area (Å²) in [4.78, 5) is 16.1. The van der Waals surface area contributed by atoms with Gasteiger partial charge in [0.25, 0.3) is 0 Å². The molecule has 2 N–H and O–H groups in total. The maximum absolute atomic E-state index is 11.3. The zero-order valence-electron chi connectivity index (χ0n) is 19.8. The number of aryl methyl sites for hydroxylation is 1. The van der Waals surface area contributed by atoms with Gasteiger partial charge in [-0.2, -0.15) is 0 Å². The second kappa shape index (κ2) is 17.0. The Balaban J connectivity index is 0.00000512. The predicted molar refractivity (Wildman–Crippen MR) is 139 cm³/mol. The lowest BCUT2D eigenvalue weighted by atomic mass is 10.1. The van der Waals surface area contributed by atoms with E-state index >= 15 is 0 Å². The Kier molecular flexibility index (Phi) is 15.1. The summed E-state index contributed by atoms with van der Waals surface area (Å²) in [5.41, 5.74) is 2.25. The molecule has 0 aromatic heterocycles. The Labute approximate surface area is 210 Å². The van der Waals surface area contributed by atoms with Crippen molar-refractivity contribution in [3.05, 3.63) is 29.3 Å². The van der Waals surface area contributed by atoms with Crippen LogP contribution in [0.2, 0.25) is 0 Å². The molecule has 0 saturated carbocycles. The summed E-state index contributed by atoms with van der Waals surface area (Å²) in [5.74, 6) is 1.61. The molecule has 1 unspecified atom stereocenters. The fraction of sp³-hybridized carbons (Fsp3) is 0.667. The van der Waals surface area contributed by atoms with E-state index in [1.807, 2.05) is 6.92 Å². The van der Waals surface area contributed by atoms with E-state index in [9.17, 15) is 4.79 Å². The first-order chi connectivity index (χ1) is 15.1. The number of halogens is 1. The van der Waals surface area contributed by atoms with Crippen LogP contribution in [0.5, 0.6) is 5.75 Å². The number of carbonyl (C=O) groups is 1. The predicted octanol–water partition coefficient (Wildman–Crippen LogP) is 4.35. The number of benzene rings is 1. The maximum Gasteiger partial charge on any atom is 0.305 e. The molecule has 1 aliphatic rings. The highest BCUT2D eigenvalue weighted by Gasteiger charge is 2.18. The minimum atomic E-state index is -0.0953. The molecule has 182 valence electrons. The van der Waals surface area contributed by atoms with Crippen LogP contribution in [0.4, 0.5) is 0 Å². The number of nitrogens with zero attached hydrogens (tertiary/aromatic N) is 1. The monoisotopic (exact) mass is 561 g/mol. The minimum absolute atomic E-state index is 0. The van der Waals surface area contributed by atoms with Crippen molar-refractivity contribution in [1.82, 2.24) is 10.6 Å². The van der Waals surface area contributed by atoms with E-state index in [4.69, 9.17) is 19.2 Å². The van der Waals surface area contributed by atoms with Crippen LogP contribution in [0, 0.1) is 6.92 Å². The van der Waals surface area contributed by atoms with Gasteiger partial charge in [0.15, 0.2) is 5.96 Å². The Morgan fingerprint density at radius 2 is 2.00 bits per heavy atom. The van der Waals surface area contributed by atoms with Crippen LogP contribution in [0.3, 0.4) is 0 Å². The average molecular weight is 562 g/mol. The number of unbranched alkanes of at least 4 members (excludes halogenated alkanes) is 3. The molecule has 2 rings (SSSR count). The van der Waals surface area contributed by atoms with Gasteiger partial charge in [0.05, 0.1) is 26.4 Å². The summed E-state index contributed by atoms with van der Waals surface area (Å²) in [6.45, 7) is 10.1. The second-order valence-electron chi connectivity index (χ2n) is 7.81. The van der Waals surface area contributed by atoms with Crippen molar-refractivity contribution in [2.24, 2.45) is 4.99 Å². The first kappa shape index (κ1) is 28.5. The molecule has 8 heteroatoms. The SMILES string of the molecule is CCNC(=NCc1ccc(C)cc1OC1CCOC1)NCCCCCCC(=O)OCC.I. The molecule has 1 aromatic carbocycles. The van der Waals surface area contributed by atoms with Crippen molar-refractivity contribution in [2.75, 3.05) is 32.9 Å². The van der Waals surface area contributed by atoms with Crippen LogP contribution >= 0.6 is 24.0 Å². The van der Waals surface area contributed by atoms with Gasteiger partial charge in [-0.15, -0.1) is 24.0 Å². The summed E-state index contributed by atoms with van der Waals surface area (Å²) in [7, 11) is 0. The number of guanidine groups is 1. The fourth-order valence-electron chi connectivity index (χ4n) is 3.38. The zero-order valence-corrected chi connectivity index (χ0v) is 22.1. The summed E-state index contributed by atoms with van der Waals surface area (Å²) in [6, 6.07) is 6.27. The number of nitrogens with one attached hydrogen (secondary N) is 2. The van der Waals surface area contributed by atoms with Crippen molar-refractivity contribution in [1.29, 1.82) is 0 Å². The molecule has 1 fully saturated rings. The Hall–Kier alpha value is -1.55. The Morgan fingerprint density at radius 1 is 1.19 bits per heavy atom. The second-order valence-corrected chi connectivity index (χ2v) is 7.81. The molecule has 1 heterocycles. The van der Waals surface area contributed by atoms with Gasteiger partial charge >= 0.3 is 5.97 Å². The number of rotatable bonds is 13. The van der Waals surface area contributed by atoms with E-state index in [0.29, 0.717) is 26.2 Å². The number of hydrogen-bond acceptors (Lipinski definition) is 5. The van der Waals surface area contributed by atoms with Gasteiger partial charge in [-0.3, -0.25) is 4.79 Å². The van der Waals surface area contributed by atoms with Gasteiger partial charge < -0.3 is 24.8 Å². The van der Waals surface area contributed by atoms with Crippen molar-refractivity contribution in [3.8, 4) is 5.75 Å². The van der Waals surface area contributed by atoms with Crippen LogP contribution in [0.15, 0.2) is 23.2 Å². The van der Waals surface area contributed by atoms with Crippen LogP contribution < -0.4 is 15.4 Å². The molecule has 0 amide bonds. The highest BCUT2D eigenvalue weighted by atomic mass is 127. The van der Waals surface area contributed by atoms with E-state index in [0.717, 1.165) is 69.1 Å². The molecule has 1 saturated heterocycles. The lowest BCUT2D eigenvalue weighted by Gasteiger charge is -2.16. The van der Waals surface area contributed by atoms with Gasteiger partial charge in [-0.25, -0.2) is 4.99 Å². The van der Waals surface area contributed by atoms with Gasteiger partial charge in [-0.05, 0) is 45.2 Å². The van der Waals surface area contributed by atoms with Gasteiger partial charge in [0.2, 0.25) is 0 Å². The van der Waals surface area contributed by atoms with Crippen molar-refractivity contribution < 1.29 is 19.0 Å². The molecule has 1 aliphatic heterocycles. The summed E-state index contributed by atoms with van der Waals surface area (Å²) in [5, 5.41) is 6.71. The van der Waals surface area contributed by atoms with Crippen LogP contribution in [-0.2, 0) is 20.8 Å². The molecule has 0 radical (unpaired) electrons. The van der Waals surface area contributed by atoms with Gasteiger partial charge in [0, 0.05) is 31.5 Å². The molecule has 1 aromatic rings. The summed E-state index contributed by atoms with van der Waals surface area (Å²) >= 11 is 0. The third kappa shape index (κ3) is 11.4. The third-order valence-electron chi connectivity index (χ3n) is 5.06. The molecule has 0 bridgehead atoms. The molecular weight excluding hydrogens is 521 g/mol. The van der Waals surface area contributed by atoms with E-state index in [1.54, 1.807) is 0 Å². The van der Waals surface area contributed by atoms with Gasteiger partial charge in [-0.1, -0.05) is 25.0 Å². The summed E-state index contributed by atoms with van der Waals surface area (Å²) in [6.07, 6.45) is 5.59. The number of aliphatic imine (C=N–C) groups is 1. The van der Waals surface area contributed by atoms with E-state index in [-0.39, 0.29) is 36.0 Å². The van der Waals surface area contributed by atoms with Gasteiger partial charge in [0.1, 0.15) is 11.9 Å². The molecule has 7 nitrogen and oxygen atoms in total. The Bertz CT molecular complexity index is 694. The topological polar surface area (TPSA) is 81.2 Å². The summed E-state index contributed by atoms with van der Waals surface area (Å²) < 4.78 is 16.6. The van der Waals surface area contributed by atoms with E-state index in [2.05, 4.69) is 42.7 Å². The van der Waals surface area contributed by atoms with Crippen LogP contribution in [-0.4, -0.2) is 50.9 Å². The van der Waals surface area contributed by atoms with Crippen molar-refractivity contribution in [2.45, 2.75) is 71.9 Å². The highest BCUT2D eigenvalue weighted by molar-refractivity contribution is 14.0. The highest BCUT2D eigenvalue weighted by Crippen LogP contribution is 2.24. The molecule has 0 spiro atoms. The van der Waals surface area contributed by atoms with Crippen molar-refractivity contribution in [3.63, 3.8) is 0 Å². The minimum Gasteiger partial charge on any atom is -0.488 e. The smallest absolute Gasteiger partial charge is 0.305 e. The standard InChI is InChI=1S/C24H39N3O4.HI/c1-4-25-24(26-14-9-7-6-8-10-23(28)30-5-2)27-17-20-12-11-19(3)16-22(20)31-21-13-15-29-18-21;/h11-12,16,21H,4-10,13-15,17-18H2,1-3H3,(H2,25,26,27);1H.